The summed E-state index contributed by atoms with van der Waals surface area (Å²) in [6.07, 6.45) is -2.39. The van der Waals surface area contributed by atoms with Crippen LogP contribution in [-0.2, 0) is 11.0 Å². The van der Waals surface area contributed by atoms with Crippen molar-refractivity contribution in [1.29, 1.82) is 0 Å². The van der Waals surface area contributed by atoms with Crippen molar-refractivity contribution in [2.24, 2.45) is 11.5 Å². The van der Waals surface area contributed by atoms with Crippen molar-refractivity contribution in [3.8, 4) is 0 Å². The van der Waals surface area contributed by atoms with Gasteiger partial charge in [-0.2, -0.15) is 13.2 Å². The summed E-state index contributed by atoms with van der Waals surface area (Å²) in [4.78, 5) is 21.9. The molecule has 0 spiro atoms. The summed E-state index contributed by atoms with van der Waals surface area (Å²) >= 11 is 0.738. The average Bonchev–Trinajstić information content (AvgIpc) is 2.73. The summed E-state index contributed by atoms with van der Waals surface area (Å²) in [7, 11) is 0. The predicted octanol–water partition coefficient (Wildman–Crippen LogP) is 2.10. The van der Waals surface area contributed by atoms with E-state index >= 15 is 0 Å². The molecule has 0 aliphatic heterocycles. The highest BCUT2D eigenvalue weighted by Crippen LogP contribution is 2.44. The van der Waals surface area contributed by atoms with Crippen molar-refractivity contribution in [1.82, 2.24) is 0 Å². The fraction of sp³-hybridized carbons (Fsp3) is 0.0769. The lowest BCUT2D eigenvalue weighted by atomic mass is 10.0. The van der Waals surface area contributed by atoms with E-state index in [1.807, 2.05) is 0 Å². The monoisotopic (exact) mass is 329 g/mol. The molecule has 2 amide bonds. The van der Waals surface area contributed by atoms with Crippen molar-refractivity contribution >= 4 is 45.0 Å². The number of fused-ring (bicyclic) bond motifs is 1. The number of benzene rings is 1. The molecule has 0 atom stereocenters. The largest absolute Gasteiger partial charge is 0.417 e. The Morgan fingerprint density at radius 2 is 1.82 bits per heavy atom. The van der Waals surface area contributed by atoms with Crippen LogP contribution in [-0.4, -0.2) is 11.8 Å². The van der Waals surface area contributed by atoms with Crippen molar-refractivity contribution in [2.75, 3.05) is 5.73 Å². The summed E-state index contributed by atoms with van der Waals surface area (Å²) in [5.41, 5.74) is 14.7. The fourth-order valence-corrected chi connectivity index (χ4v) is 3.06. The molecule has 6 N–H and O–H groups in total. The first-order valence-corrected chi connectivity index (χ1v) is 6.64. The number of anilines is 1. The van der Waals surface area contributed by atoms with Crippen molar-refractivity contribution in [3.63, 3.8) is 0 Å². The van der Waals surface area contributed by atoms with Gasteiger partial charge in [0.2, 0.25) is 5.91 Å². The average molecular weight is 329 g/mol. The molecule has 0 bridgehead atoms. The molecule has 0 saturated carbocycles. The number of halogens is 3. The molecular formula is C13H10F3N3O2S. The van der Waals surface area contributed by atoms with Crippen LogP contribution < -0.4 is 17.2 Å². The quantitative estimate of drug-likeness (QED) is 0.749. The number of primary amides is 2. The van der Waals surface area contributed by atoms with E-state index < -0.39 is 23.6 Å². The van der Waals surface area contributed by atoms with Gasteiger partial charge in [-0.3, -0.25) is 9.59 Å². The minimum atomic E-state index is -4.64. The van der Waals surface area contributed by atoms with Crippen LogP contribution in [0.3, 0.4) is 0 Å². The second-order valence-corrected chi connectivity index (χ2v) is 5.37. The molecule has 1 heterocycles. The molecule has 2 rings (SSSR count). The van der Waals surface area contributed by atoms with Crippen LogP contribution in [0.5, 0.6) is 0 Å². The molecule has 116 valence electrons. The number of rotatable bonds is 3. The fourth-order valence-electron chi connectivity index (χ4n) is 1.97. The van der Waals surface area contributed by atoms with E-state index in [0.29, 0.717) is 0 Å². The van der Waals surface area contributed by atoms with Crippen molar-refractivity contribution in [3.05, 3.63) is 34.2 Å². The van der Waals surface area contributed by atoms with Gasteiger partial charge in [0.25, 0.3) is 5.91 Å². The number of hydrogen-bond acceptors (Lipinski definition) is 4. The normalized spacial score (nSPS) is 12.1. The summed E-state index contributed by atoms with van der Waals surface area (Å²) in [6, 6.07) is 2.00. The topological polar surface area (TPSA) is 112 Å². The molecule has 0 radical (unpaired) electrons. The van der Waals surface area contributed by atoms with E-state index in [0.717, 1.165) is 23.5 Å². The van der Waals surface area contributed by atoms with Gasteiger partial charge in [-0.25, -0.2) is 0 Å². The Hall–Kier alpha value is -2.55. The number of alkyl halides is 3. The molecule has 0 unspecified atom stereocenters. The lowest BCUT2D eigenvalue weighted by Crippen LogP contribution is -2.11. The van der Waals surface area contributed by atoms with Crippen LogP contribution in [0.4, 0.5) is 18.9 Å². The molecule has 0 aliphatic carbocycles. The van der Waals surface area contributed by atoms with E-state index in [1.54, 1.807) is 0 Å². The lowest BCUT2D eigenvalue weighted by molar-refractivity contribution is -0.136. The van der Waals surface area contributed by atoms with Gasteiger partial charge in [-0.1, -0.05) is 6.07 Å². The number of thiophene rings is 1. The minimum Gasteiger partial charge on any atom is -0.397 e. The van der Waals surface area contributed by atoms with Gasteiger partial charge in [-0.15, -0.1) is 11.3 Å². The number of amides is 2. The van der Waals surface area contributed by atoms with Gasteiger partial charge in [0.15, 0.2) is 0 Å². The van der Waals surface area contributed by atoms with E-state index in [1.165, 1.54) is 12.1 Å². The Labute approximate surface area is 126 Å². The molecule has 0 saturated heterocycles. The smallest absolute Gasteiger partial charge is 0.397 e. The third kappa shape index (κ3) is 2.75. The maximum Gasteiger partial charge on any atom is 0.417 e. The van der Waals surface area contributed by atoms with E-state index in [9.17, 15) is 22.8 Å². The Morgan fingerprint density at radius 3 is 2.32 bits per heavy atom. The highest BCUT2D eigenvalue weighted by Gasteiger charge is 2.35. The first-order chi connectivity index (χ1) is 10.1. The maximum atomic E-state index is 13.1. The van der Waals surface area contributed by atoms with Crippen LogP contribution in [0.1, 0.15) is 20.8 Å². The van der Waals surface area contributed by atoms with E-state index in [2.05, 4.69) is 0 Å². The van der Waals surface area contributed by atoms with Crippen LogP contribution >= 0.6 is 11.3 Å². The number of carbonyl (C=O) groups is 2. The molecule has 5 nitrogen and oxygen atoms in total. The third-order valence-corrected chi connectivity index (χ3v) is 4.13. The molecule has 0 aliphatic rings. The predicted molar refractivity (Wildman–Crippen MR) is 78.0 cm³/mol. The summed E-state index contributed by atoms with van der Waals surface area (Å²) < 4.78 is 39.4. The number of nitrogens with two attached hydrogens (primary N) is 3. The second kappa shape index (κ2) is 5.34. The standard InChI is InChI=1S/C13H10F3N3O2S/c14-13(15,16)6-3-1-5(2-4-7(17)20)10-8(6)9(18)11(22-10)12(19)21/h1-4H,18H2,(H2,17,20)(H2,19,21)/b4-2-. The van der Waals surface area contributed by atoms with Gasteiger partial charge in [-0.05, 0) is 17.7 Å². The zero-order valence-corrected chi connectivity index (χ0v) is 11.7. The van der Waals surface area contributed by atoms with Crippen LogP contribution in [0, 0.1) is 0 Å². The summed E-state index contributed by atoms with van der Waals surface area (Å²) in [6.45, 7) is 0. The Morgan fingerprint density at radius 1 is 1.18 bits per heavy atom. The van der Waals surface area contributed by atoms with E-state index in [4.69, 9.17) is 17.2 Å². The first kappa shape index (κ1) is 15.8. The van der Waals surface area contributed by atoms with Gasteiger partial charge < -0.3 is 17.2 Å². The molecular weight excluding hydrogens is 319 g/mol. The minimum absolute atomic E-state index is 0.110. The highest BCUT2D eigenvalue weighted by molar-refractivity contribution is 7.22. The Bertz CT molecular complexity index is 809. The molecule has 2 aromatic rings. The molecule has 0 fully saturated rings. The molecule has 1 aromatic heterocycles. The number of carbonyl (C=O) groups excluding carboxylic acids is 2. The highest BCUT2D eigenvalue weighted by atomic mass is 32.1. The number of hydrogen-bond donors (Lipinski definition) is 3. The van der Waals surface area contributed by atoms with Gasteiger partial charge in [0, 0.05) is 16.2 Å². The Balaban J connectivity index is 2.85. The summed E-state index contributed by atoms with van der Waals surface area (Å²) in [5.74, 6) is -1.68. The molecule has 9 heteroatoms. The number of nitrogen functional groups attached to an aromatic ring is 1. The van der Waals surface area contributed by atoms with Crippen LogP contribution in [0.2, 0.25) is 0 Å². The van der Waals surface area contributed by atoms with E-state index in [-0.39, 0.29) is 26.2 Å². The Kier molecular flexibility index (Phi) is 3.84. The van der Waals surface area contributed by atoms with Crippen LogP contribution in [0.25, 0.3) is 16.2 Å². The lowest BCUT2D eigenvalue weighted by Gasteiger charge is -2.10. The van der Waals surface area contributed by atoms with Gasteiger partial charge >= 0.3 is 6.18 Å². The molecule has 22 heavy (non-hydrogen) atoms. The molecule has 1 aromatic carbocycles. The summed E-state index contributed by atoms with van der Waals surface area (Å²) in [5, 5.41) is -0.307. The third-order valence-electron chi connectivity index (χ3n) is 2.86. The first-order valence-electron chi connectivity index (χ1n) is 5.82. The zero-order chi connectivity index (χ0) is 16.7. The second-order valence-electron chi connectivity index (χ2n) is 4.35. The zero-order valence-electron chi connectivity index (χ0n) is 10.9. The maximum absolute atomic E-state index is 13.1. The van der Waals surface area contributed by atoms with Crippen LogP contribution in [0.15, 0.2) is 18.2 Å². The SMILES string of the molecule is NC(=O)/C=C\c1ccc(C(F)(F)F)c2c(N)c(C(N)=O)sc12. The van der Waals surface area contributed by atoms with Gasteiger partial charge in [0.05, 0.1) is 11.3 Å². The van der Waals surface area contributed by atoms with Gasteiger partial charge in [0.1, 0.15) is 4.88 Å². The van der Waals surface area contributed by atoms with Crippen molar-refractivity contribution in [2.45, 2.75) is 6.18 Å². The van der Waals surface area contributed by atoms with Crippen molar-refractivity contribution < 1.29 is 22.8 Å².